The van der Waals surface area contributed by atoms with E-state index in [0.29, 0.717) is 5.92 Å². The molecule has 0 aromatic heterocycles. The van der Waals surface area contributed by atoms with Gasteiger partial charge >= 0.3 is 0 Å². The summed E-state index contributed by atoms with van der Waals surface area (Å²) in [6.45, 7) is 2.17. The van der Waals surface area contributed by atoms with E-state index in [1.54, 1.807) is 14.2 Å². The Balaban J connectivity index is 1.97. The second kappa shape index (κ2) is 5.68. The summed E-state index contributed by atoms with van der Waals surface area (Å²) in [5.41, 5.74) is 3.24. The van der Waals surface area contributed by atoms with Gasteiger partial charge in [0.1, 0.15) is 0 Å². The molecule has 3 heterocycles. The Morgan fingerprint density at radius 1 is 1.19 bits per heavy atom. The SMILES string of the molecule is COc1ccc(C=C2/C(=N\N)C3CCN2CC3)cc1OC. The lowest BCUT2D eigenvalue weighted by molar-refractivity contribution is 0.242. The van der Waals surface area contributed by atoms with Gasteiger partial charge < -0.3 is 20.2 Å². The average molecular weight is 287 g/mol. The maximum atomic E-state index is 5.61. The number of rotatable bonds is 3. The van der Waals surface area contributed by atoms with Crippen LogP contribution in [-0.4, -0.2) is 37.9 Å². The molecule has 0 amide bonds. The van der Waals surface area contributed by atoms with Crippen molar-refractivity contribution in [2.24, 2.45) is 16.9 Å². The van der Waals surface area contributed by atoms with Crippen molar-refractivity contribution in [2.75, 3.05) is 27.3 Å². The van der Waals surface area contributed by atoms with Gasteiger partial charge in [0.15, 0.2) is 11.5 Å². The van der Waals surface area contributed by atoms with Crippen molar-refractivity contribution in [2.45, 2.75) is 12.8 Å². The number of allylic oxidation sites excluding steroid dienone is 1. The maximum absolute atomic E-state index is 5.61. The summed E-state index contributed by atoms with van der Waals surface area (Å²) in [7, 11) is 3.29. The monoisotopic (exact) mass is 287 g/mol. The normalized spacial score (nSPS) is 22.1. The van der Waals surface area contributed by atoms with Gasteiger partial charge in [0.25, 0.3) is 0 Å². The lowest BCUT2D eigenvalue weighted by Gasteiger charge is -2.43. The first-order valence-electron chi connectivity index (χ1n) is 7.23. The van der Waals surface area contributed by atoms with Gasteiger partial charge in [-0.3, -0.25) is 0 Å². The van der Waals surface area contributed by atoms with E-state index < -0.39 is 0 Å². The molecule has 4 rings (SSSR count). The van der Waals surface area contributed by atoms with Gasteiger partial charge in [-0.2, -0.15) is 5.10 Å². The number of methoxy groups -OCH3 is 2. The number of nitrogens with zero attached hydrogens (tertiary/aromatic N) is 2. The fourth-order valence-corrected chi connectivity index (χ4v) is 3.20. The van der Waals surface area contributed by atoms with Crippen LogP contribution in [0.1, 0.15) is 18.4 Å². The van der Waals surface area contributed by atoms with Crippen LogP contribution < -0.4 is 15.3 Å². The Labute approximate surface area is 125 Å². The number of piperidine rings is 3. The second-order valence-corrected chi connectivity index (χ2v) is 5.42. The van der Waals surface area contributed by atoms with E-state index in [1.165, 1.54) is 0 Å². The average Bonchev–Trinajstić information content (AvgIpc) is 2.55. The molecular formula is C16H21N3O2. The van der Waals surface area contributed by atoms with E-state index in [0.717, 1.165) is 54.4 Å². The van der Waals surface area contributed by atoms with Crippen molar-refractivity contribution in [3.05, 3.63) is 29.5 Å². The molecule has 0 unspecified atom stereocenters. The van der Waals surface area contributed by atoms with Crippen LogP contribution in [0.15, 0.2) is 29.0 Å². The standard InChI is InChI=1S/C16H21N3O2/c1-20-14-4-3-11(10-15(14)21-2)9-13-16(18-17)12-5-7-19(13)8-6-12/h3-4,9-10,12H,5-8,17H2,1-2H3/b13-9?,18-16-. The van der Waals surface area contributed by atoms with Crippen LogP contribution in [0.5, 0.6) is 11.5 Å². The third kappa shape index (κ3) is 2.44. The summed E-state index contributed by atoms with van der Waals surface area (Å²) in [5.74, 6) is 7.58. The van der Waals surface area contributed by atoms with Crippen LogP contribution in [0, 0.1) is 5.92 Å². The highest BCUT2D eigenvalue weighted by molar-refractivity contribution is 6.05. The Kier molecular flexibility index (Phi) is 3.73. The Hall–Kier alpha value is -2.17. The smallest absolute Gasteiger partial charge is 0.161 e. The first kappa shape index (κ1) is 13.8. The molecule has 0 aliphatic carbocycles. The van der Waals surface area contributed by atoms with Crippen molar-refractivity contribution in [1.29, 1.82) is 0 Å². The predicted molar refractivity (Wildman–Crippen MR) is 83.4 cm³/mol. The zero-order valence-electron chi connectivity index (χ0n) is 12.5. The molecule has 0 spiro atoms. The van der Waals surface area contributed by atoms with E-state index in [1.807, 2.05) is 18.2 Å². The number of benzene rings is 1. The lowest BCUT2D eigenvalue weighted by Crippen LogP contribution is -2.46. The topological polar surface area (TPSA) is 60.1 Å². The molecule has 112 valence electrons. The van der Waals surface area contributed by atoms with Crippen LogP contribution in [-0.2, 0) is 0 Å². The van der Waals surface area contributed by atoms with Crippen LogP contribution in [0.3, 0.4) is 0 Å². The van der Waals surface area contributed by atoms with E-state index in [2.05, 4.69) is 16.1 Å². The van der Waals surface area contributed by atoms with Crippen molar-refractivity contribution < 1.29 is 9.47 Å². The summed E-state index contributed by atoms with van der Waals surface area (Å²) in [4.78, 5) is 2.36. The fraction of sp³-hybridized carbons (Fsp3) is 0.438. The van der Waals surface area contributed by atoms with E-state index >= 15 is 0 Å². The zero-order valence-corrected chi connectivity index (χ0v) is 12.5. The van der Waals surface area contributed by atoms with Crippen LogP contribution in [0.25, 0.3) is 6.08 Å². The van der Waals surface area contributed by atoms with Crippen molar-refractivity contribution in [1.82, 2.24) is 4.90 Å². The molecule has 5 heteroatoms. The van der Waals surface area contributed by atoms with Crippen molar-refractivity contribution in [3.63, 3.8) is 0 Å². The molecule has 3 saturated heterocycles. The second-order valence-electron chi connectivity index (χ2n) is 5.42. The van der Waals surface area contributed by atoms with Crippen LogP contribution in [0.4, 0.5) is 0 Å². The minimum atomic E-state index is 0.506. The molecule has 2 N–H and O–H groups in total. The van der Waals surface area contributed by atoms with Gasteiger partial charge in [-0.15, -0.1) is 0 Å². The quantitative estimate of drug-likeness (QED) is 0.683. The number of fused-ring (bicyclic) bond motifs is 3. The minimum Gasteiger partial charge on any atom is -0.493 e. The third-order valence-electron chi connectivity index (χ3n) is 4.33. The molecule has 5 nitrogen and oxygen atoms in total. The fourth-order valence-electron chi connectivity index (χ4n) is 3.20. The molecule has 0 radical (unpaired) electrons. The van der Waals surface area contributed by atoms with Gasteiger partial charge in [0.2, 0.25) is 0 Å². The molecule has 2 bridgehead atoms. The molecule has 21 heavy (non-hydrogen) atoms. The number of nitrogens with two attached hydrogens (primary N) is 1. The van der Waals surface area contributed by atoms with E-state index in [4.69, 9.17) is 15.3 Å². The van der Waals surface area contributed by atoms with Crippen molar-refractivity contribution in [3.8, 4) is 11.5 Å². The predicted octanol–water partition coefficient (Wildman–Crippen LogP) is 2.08. The Morgan fingerprint density at radius 2 is 1.90 bits per heavy atom. The summed E-state index contributed by atoms with van der Waals surface area (Å²) >= 11 is 0. The minimum absolute atomic E-state index is 0.506. The molecule has 0 atom stereocenters. The molecular weight excluding hydrogens is 266 g/mol. The van der Waals surface area contributed by atoms with E-state index in [-0.39, 0.29) is 0 Å². The maximum Gasteiger partial charge on any atom is 0.161 e. The molecule has 3 aliphatic heterocycles. The summed E-state index contributed by atoms with van der Waals surface area (Å²) in [6, 6.07) is 5.91. The van der Waals surface area contributed by atoms with Gasteiger partial charge in [0, 0.05) is 19.0 Å². The van der Waals surface area contributed by atoms with Gasteiger partial charge in [0.05, 0.1) is 25.6 Å². The lowest BCUT2D eigenvalue weighted by atomic mass is 9.83. The Bertz CT molecular complexity index is 587. The number of hydrogen-bond acceptors (Lipinski definition) is 5. The number of hydrogen-bond donors (Lipinski definition) is 1. The van der Waals surface area contributed by atoms with E-state index in [9.17, 15) is 0 Å². The first-order valence-corrected chi connectivity index (χ1v) is 7.23. The summed E-state index contributed by atoms with van der Waals surface area (Å²) in [6.07, 6.45) is 4.44. The molecule has 1 aromatic rings. The highest BCUT2D eigenvalue weighted by Crippen LogP contribution is 2.34. The summed E-state index contributed by atoms with van der Waals surface area (Å²) in [5, 5.41) is 4.03. The zero-order chi connectivity index (χ0) is 14.8. The highest BCUT2D eigenvalue weighted by Gasteiger charge is 2.34. The number of ether oxygens (including phenoxy) is 2. The summed E-state index contributed by atoms with van der Waals surface area (Å²) < 4.78 is 10.6. The molecule has 3 fully saturated rings. The molecule has 1 aromatic carbocycles. The van der Waals surface area contributed by atoms with Gasteiger partial charge in [-0.1, -0.05) is 6.07 Å². The largest absolute Gasteiger partial charge is 0.493 e. The first-order chi connectivity index (χ1) is 10.3. The highest BCUT2D eigenvalue weighted by atomic mass is 16.5. The Morgan fingerprint density at radius 3 is 2.52 bits per heavy atom. The van der Waals surface area contributed by atoms with Crippen LogP contribution in [0.2, 0.25) is 0 Å². The number of hydrazone groups is 1. The third-order valence-corrected chi connectivity index (χ3v) is 4.33. The molecule has 0 saturated carbocycles. The molecule has 3 aliphatic rings. The van der Waals surface area contributed by atoms with Gasteiger partial charge in [-0.25, -0.2) is 0 Å². The van der Waals surface area contributed by atoms with Gasteiger partial charge in [-0.05, 0) is 36.6 Å². The van der Waals surface area contributed by atoms with Crippen molar-refractivity contribution >= 4 is 11.8 Å². The van der Waals surface area contributed by atoms with Crippen LogP contribution >= 0.6 is 0 Å².